The van der Waals surface area contributed by atoms with Crippen molar-refractivity contribution in [2.75, 3.05) is 4.72 Å². The van der Waals surface area contributed by atoms with E-state index in [1.165, 1.54) is 11.7 Å². The van der Waals surface area contributed by atoms with E-state index < -0.39 is 10.0 Å². The molecule has 0 spiro atoms. The molecule has 0 atom stereocenters. The van der Waals surface area contributed by atoms with E-state index in [-0.39, 0.29) is 4.21 Å². The second-order valence-corrected chi connectivity index (χ2v) is 6.84. The highest BCUT2D eigenvalue weighted by molar-refractivity contribution is 7.94. The number of aromatic amines is 1. The van der Waals surface area contributed by atoms with Gasteiger partial charge in [0.15, 0.2) is 4.21 Å². The second kappa shape index (κ2) is 4.48. The fraction of sp³-hybridized carbons (Fsp3) is 0. The number of hydrogen-bond acceptors (Lipinski definition) is 5. The first-order valence-corrected chi connectivity index (χ1v) is 7.86. The van der Waals surface area contributed by atoms with Crippen LogP contribution in [-0.2, 0) is 10.0 Å². The number of benzene rings is 1. The quantitative estimate of drug-likeness (QED) is 0.777. The Balaban J connectivity index is 2.07. The molecule has 3 rings (SSSR count). The van der Waals surface area contributed by atoms with Crippen LogP contribution in [0.5, 0.6) is 0 Å². The summed E-state index contributed by atoms with van der Waals surface area (Å²) in [4.78, 5) is 3.75. The molecule has 19 heavy (non-hydrogen) atoms. The minimum atomic E-state index is -3.64. The van der Waals surface area contributed by atoms with Crippen LogP contribution in [0.3, 0.4) is 0 Å². The number of anilines is 1. The molecule has 0 saturated heterocycles. The van der Waals surface area contributed by atoms with Crippen molar-refractivity contribution >= 4 is 49.6 Å². The number of thiazole rings is 1. The Bertz CT molecular complexity index is 826. The van der Waals surface area contributed by atoms with Crippen molar-refractivity contribution < 1.29 is 8.42 Å². The Morgan fingerprint density at radius 1 is 1.37 bits per heavy atom. The fourth-order valence-corrected chi connectivity index (χ4v) is 3.68. The standard InChI is InChI=1S/C10H7ClN4O2S2/c11-10-6-2-1-3-7(9(6)13-14-10)15-19(16,17)8-4-12-5-18-8/h1-5,15H,(H,13,14). The predicted octanol–water partition coefficient (Wildman–Crippen LogP) is 2.47. The van der Waals surface area contributed by atoms with Crippen LogP contribution in [0, 0.1) is 0 Å². The monoisotopic (exact) mass is 314 g/mol. The van der Waals surface area contributed by atoms with Crippen molar-refractivity contribution in [1.82, 2.24) is 15.2 Å². The number of nitrogens with zero attached hydrogens (tertiary/aromatic N) is 2. The zero-order valence-electron chi connectivity index (χ0n) is 9.29. The van der Waals surface area contributed by atoms with Crippen molar-refractivity contribution in [3.63, 3.8) is 0 Å². The molecule has 0 aliphatic carbocycles. The third-order valence-electron chi connectivity index (χ3n) is 2.46. The maximum absolute atomic E-state index is 12.1. The van der Waals surface area contributed by atoms with Crippen LogP contribution in [-0.4, -0.2) is 23.6 Å². The molecule has 2 heterocycles. The van der Waals surface area contributed by atoms with Gasteiger partial charge in [-0.2, -0.15) is 5.10 Å². The topological polar surface area (TPSA) is 87.7 Å². The van der Waals surface area contributed by atoms with Crippen LogP contribution in [0.15, 0.2) is 34.1 Å². The van der Waals surface area contributed by atoms with Gasteiger partial charge in [0.25, 0.3) is 10.0 Å². The van der Waals surface area contributed by atoms with Gasteiger partial charge in [0.2, 0.25) is 0 Å². The first kappa shape index (κ1) is 12.4. The Hall–Kier alpha value is -1.64. The molecule has 3 aromatic rings. The summed E-state index contributed by atoms with van der Waals surface area (Å²) in [6.45, 7) is 0. The van der Waals surface area contributed by atoms with Gasteiger partial charge in [-0.1, -0.05) is 17.7 Å². The summed E-state index contributed by atoms with van der Waals surface area (Å²) in [7, 11) is -3.64. The molecule has 0 aliphatic heterocycles. The normalized spacial score (nSPS) is 11.8. The van der Waals surface area contributed by atoms with E-state index in [9.17, 15) is 8.42 Å². The van der Waals surface area contributed by atoms with Crippen LogP contribution < -0.4 is 4.72 Å². The molecule has 2 aromatic heterocycles. The van der Waals surface area contributed by atoms with Crippen molar-refractivity contribution in [2.24, 2.45) is 0 Å². The van der Waals surface area contributed by atoms with Gasteiger partial charge in [-0.3, -0.25) is 14.8 Å². The average molecular weight is 315 g/mol. The number of rotatable bonds is 3. The third kappa shape index (κ3) is 2.18. The summed E-state index contributed by atoms with van der Waals surface area (Å²) >= 11 is 6.96. The van der Waals surface area contributed by atoms with Crippen molar-refractivity contribution in [3.05, 3.63) is 35.1 Å². The molecule has 0 amide bonds. The molecule has 0 aliphatic rings. The summed E-state index contributed by atoms with van der Waals surface area (Å²) in [5.41, 5.74) is 2.30. The lowest BCUT2D eigenvalue weighted by atomic mass is 10.2. The van der Waals surface area contributed by atoms with Gasteiger partial charge < -0.3 is 0 Å². The van der Waals surface area contributed by atoms with Gasteiger partial charge in [-0.15, -0.1) is 11.3 Å². The molecular weight excluding hydrogens is 308 g/mol. The smallest absolute Gasteiger partial charge is 0.273 e. The SMILES string of the molecule is O=S(=O)(Nc1cccc2c(Cl)[nH]nc12)c1cncs1. The number of sulfonamides is 1. The maximum Gasteiger partial charge on any atom is 0.273 e. The Morgan fingerprint density at radius 3 is 2.95 bits per heavy atom. The third-order valence-corrected chi connectivity index (χ3v) is 5.38. The molecule has 0 unspecified atom stereocenters. The Kier molecular flexibility index (Phi) is 2.92. The molecule has 0 radical (unpaired) electrons. The minimum Gasteiger partial charge on any atom is -0.277 e. The van der Waals surface area contributed by atoms with Crippen LogP contribution in [0.4, 0.5) is 5.69 Å². The summed E-state index contributed by atoms with van der Waals surface area (Å²) in [6.07, 6.45) is 1.30. The number of hydrogen-bond donors (Lipinski definition) is 2. The van der Waals surface area contributed by atoms with Crippen LogP contribution in [0.25, 0.3) is 10.9 Å². The minimum absolute atomic E-state index is 0.145. The molecular formula is C10H7ClN4O2S2. The summed E-state index contributed by atoms with van der Waals surface area (Å²) in [6, 6.07) is 5.08. The molecule has 2 N–H and O–H groups in total. The number of H-pyrrole nitrogens is 1. The highest BCUT2D eigenvalue weighted by Crippen LogP contribution is 2.28. The van der Waals surface area contributed by atoms with Crippen LogP contribution in [0.1, 0.15) is 0 Å². The van der Waals surface area contributed by atoms with E-state index >= 15 is 0 Å². The van der Waals surface area contributed by atoms with Crippen molar-refractivity contribution in [2.45, 2.75) is 4.21 Å². The molecule has 6 nitrogen and oxygen atoms in total. The van der Waals surface area contributed by atoms with E-state index in [2.05, 4.69) is 19.9 Å². The largest absolute Gasteiger partial charge is 0.277 e. The lowest BCUT2D eigenvalue weighted by Gasteiger charge is -2.06. The maximum atomic E-state index is 12.1. The van der Waals surface area contributed by atoms with Crippen molar-refractivity contribution in [1.29, 1.82) is 0 Å². The van der Waals surface area contributed by atoms with Crippen LogP contribution >= 0.6 is 22.9 Å². The average Bonchev–Trinajstić information content (AvgIpc) is 3.00. The zero-order chi connectivity index (χ0) is 13.5. The number of para-hydroxylation sites is 1. The number of aromatic nitrogens is 3. The van der Waals surface area contributed by atoms with E-state index in [0.29, 0.717) is 21.7 Å². The molecule has 0 fully saturated rings. The van der Waals surface area contributed by atoms with E-state index in [0.717, 1.165) is 11.3 Å². The Labute approximate surface area is 117 Å². The first-order chi connectivity index (χ1) is 9.08. The predicted molar refractivity (Wildman–Crippen MR) is 74.0 cm³/mol. The summed E-state index contributed by atoms with van der Waals surface area (Å²) < 4.78 is 26.8. The van der Waals surface area contributed by atoms with Gasteiger partial charge >= 0.3 is 0 Å². The van der Waals surface area contributed by atoms with Gasteiger partial charge in [-0.25, -0.2) is 8.42 Å². The highest BCUT2D eigenvalue weighted by atomic mass is 35.5. The number of fused-ring (bicyclic) bond motifs is 1. The van der Waals surface area contributed by atoms with Gasteiger partial charge in [0.1, 0.15) is 10.7 Å². The first-order valence-electron chi connectivity index (χ1n) is 5.12. The molecule has 0 bridgehead atoms. The van der Waals surface area contributed by atoms with E-state index in [4.69, 9.17) is 11.6 Å². The lowest BCUT2D eigenvalue weighted by Crippen LogP contribution is -2.11. The second-order valence-electron chi connectivity index (χ2n) is 3.67. The van der Waals surface area contributed by atoms with E-state index in [1.807, 2.05) is 0 Å². The summed E-state index contributed by atoms with van der Waals surface area (Å²) in [5, 5.41) is 7.62. The van der Waals surface area contributed by atoms with Gasteiger partial charge in [-0.05, 0) is 12.1 Å². The number of halogens is 1. The molecule has 0 saturated carbocycles. The Morgan fingerprint density at radius 2 is 2.21 bits per heavy atom. The van der Waals surface area contributed by atoms with Crippen LogP contribution in [0.2, 0.25) is 5.15 Å². The van der Waals surface area contributed by atoms with E-state index in [1.54, 1.807) is 18.2 Å². The highest BCUT2D eigenvalue weighted by Gasteiger charge is 2.18. The van der Waals surface area contributed by atoms with Gasteiger partial charge in [0.05, 0.1) is 17.4 Å². The number of nitrogens with one attached hydrogen (secondary N) is 2. The fourth-order valence-electron chi connectivity index (χ4n) is 1.62. The van der Waals surface area contributed by atoms with Gasteiger partial charge in [0, 0.05) is 5.39 Å². The molecule has 98 valence electrons. The molecule has 9 heteroatoms. The van der Waals surface area contributed by atoms with Crippen molar-refractivity contribution in [3.8, 4) is 0 Å². The zero-order valence-corrected chi connectivity index (χ0v) is 11.7. The lowest BCUT2D eigenvalue weighted by molar-refractivity contribution is 0.603. The molecule has 1 aromatic carbocycles. The summed E-state index contributed by atoms with van der Waals surface area (Å²) in [5.74, 6) is 0.